The first kappa shape index (κ1) is 41.2. The topological polar surface area (TPSA) is 192 Å². The van der Waals surface area contributed by atoms with Crippen molar-refractivity contribution in [3.05, 3.63) is 35.9 Å². The number of nitrogens with zero attached hydrogens (tertiary/aromatic N) is 1. The number of unbranched alkanes of at least 4 members (excludes halogenated alkanes) is 1. The van der Waals surface area contributed by atoms with E-state index < -0.39 is 66.4 Å². The highest BCUT2D eigenvalue weighted by atomic mass is 127. The lowest BCUT2D eigenvalue weighted by atomic mass is 10.0. The van der Waals surface area contributed by atoms with E-state index in [1.165, 1.54) is 0 Å². The second-order valence-corrected chi connectivity index (χ2v) is 13.3. The molecule has 1 fully saturated rings. The van der Waals surface area contributed by atoms with Gasteiger partial charge in [0.2, 0.25) is 29.5 Å². The van der Waals surface area contributed by atoms with Crippen molar-refractivity contribution in [1.82, 2.24) is 26.6 Å². The SMILES string of the molecule is CC(C)C[C@H](NC(=O)[C@H](Cc1ccccc1)NC(=O)[C@H](CCCC[N+](C)(C)C)NC(=O)[C@H](CO)NC(=O)[C@@H]1CCCN1)C(N)=O.[I-]. The summed E-state index contributed by atoms with van der Waals surface area (Å²) in [5.41, 5.74) is 6.34. The molecular weight excluding hydrogens is 705 g/mol. The zero-order valence-corrected chi connectivity index (χ0v) is 30.0. The molecule has 0 unspecified atom stereocenters. The van der Waals surface area contributed by atoms with E-state index in [1.54, 1.807) is 0 Å². The Morgan fingerprint density at radius 3 is 2.02 bits per heavy atom. The molecule has 5 atom stereocenters. The highest BCUT2D eigenvalue weighted by Gasteiger charge is 2.32. The van der Waals surface area contributed by atoms with Gasteiger partial charge in [0.1, 0.15) is 24.2 Å². The lowest BCUT2D eigenvalue weighted by Crippen LogP contribution is -3.00. The van der Waals surface area contributed by atoms with Gasteiger partial charge in [-0.3, -0.25) is 24.0 Å². The van der Waals surface area contributed by atoms with E-state index in [0.29, 0.717) is 25.8 Å². The predicted octanol–water partition coefficient (Wildman–Crippen LogP) is -3.68. The minimum Gasteiger partial charge on any atom is -1.00 e. The zero-order chi connectivity index (χ0) is 33.6. The molecule has 0 radical (unpaired) electrons. The molecule has 0 spiro atoms. The molecule has 5 amide bonds. The average Bonchev–Trinajstić information content (AvgIpc) is 3.51. The fraction of sp³-hybridized carbons (Fsp3) is 0.656. The zero-order valence-electron chi connectivity index (χ0n) is 27.8. The molecule has 260 valence electrons. The smallest absolute Gasteiger partial charge is 0.245 e. The minimum absolute atomic E-state index is 0. The Bertz CT molecular complexity index is 1130. The fourth-order valence-corrected chi connectivity index (χ4v) is 5.17. The summed E-state index contributed by atoms with van der Waals surface area (Å²) in [5.74, 6) is -2.85. The Morgan fingerprint density at radius 2 is 1.48 bits per heavy atom. The molecular formula is C32H54IN7O6. The number of aliphatic hydroxyl groups excluding tert-OH is 1. The van der Waals surface area contributed by atoms with Crippen LogP contribution in [0.15, 0.2) is 30.3 Å². The maximum absolute atomic E-state index is 13.8. The van der Waals surface area contributed by atoms with Gasteiger partial charge >= 0.3 is 0 Å². The van der Waals surface area contributed by atoms with Gasteiger partial charge in [0, 0.05) is 6.42 Å². The molecule has 0 aromatic heterocycles. The summed E-state index contributed by atoms with van der Waals surface area (Å²) in [6, 6.07) is 4.39. The standard InChI is InChI=1S/C32H53N7O6.HI/c1-21(2)18-25(28(33)41)36-31(44)26(19-22-12-7-6-8-13-22)37-30(43)24(14-9-10-17-39(3,4)5)35-32(45)27(20-40)38-29(42)23-15-11-16-34-23;/h6-8,12-13,21,23-27,34,40H,9-11,14-20H2,1-5H3,(H5-,33,35,36,37,38,41,42,43,44,45);1H/t23-,24-,25-,26-,27-;/m0./s1. The number of aliphatic hydroxyl groups is 1. The Labute approximate surface area is 290 Å². The molecule has 0 aliphatic carbocycles. The maximum Gasteiger partial charge on any atom is 0.245 e. The van der Waals surface area contributed by atoms with E-state index in [1.807, 2.05) is 44.2 Å². The van der Waals surface area contributed by atoms with Gasteiger partial charge in [0.15, 0.2) is 0 Å². The van der Waals surface area contributed by atoms with E-state index >= 15 is 0 Å². The normalized spacial score (nSPS) is 17.2. The van der Waals surface area contributed by atoms with Crippen molar-refractivity contribution < 1.29 is 57.5 Å². The summed E-state index contributed by atoms with van der Waals surface area (Å²) in [6.45, 7) is 4.70. The Balaban J connectivity index is 0.0000106. The van der Waals surface area contributed by atoms with Crippen LogP contribution in [0, 0.1) is 5.92 Å². The van der Waals surface area contributed by atoms with Gasteiger partial charge in [-0.05, 0) is 56.6 Å². The number of primary amides is 1. The number of amides is 5. The number of nitrogens with one attached hydrogen (secondary N) is 5. The third kappa shape index (κ3) is 15.2. The van der Waals surface area contributed by atoms with Gasteiger partial charge in [-0.15, -0.1) is 0 Å². The highest BCUT2D eigenvalue weighted by Crippen LogP contribution is 2.10. The van der Waals surface area contributed by atoms with Gasteiger partial charge in [-0.25, -0.2) is 0 Å². The van der Waals surface area contributed by atoms with Gasteiger partial charge in [-0.2, -0.15) is 0 Å². The number of rotatable bonds is 19. The van der Waals surface area contributed by atoms with Gasteiger partial charge in [0.05, 0.1) is 40.3 Å². The Morgan fingerprint density at radius 1 is 0.891 bits per heavy atom. The van der Waals surface area contributed by atoms with Gasteiger partial charge in [0.25, 0.3) is 0 Å². The molecule has 1 aromatic rings. The number of hydrogen-bond donors (Lipinski definition) is 7. The highest BCUT2D eigenvalue weighted by molar-refractivity contribution is 5.96. The molecule has 0 saturated carbocycles. The number of nitrogens with two attached hydrogens (primary N) is 1. The molecule has 8 N–H and O–H groups in total. The Hall–Kier alpha value is -2.82. The summed E-state index contributed by atoms with van der Waals surface area (Å²) in [4.78, 5) is 65.2. The van der Waals surface area contributed by atoms with Crippen LogP contribution in [0.4, 0.5) is 0 Å². The number of carbonyl (C=O) groups excluding carboxylic acids is 5. The third-order valence-corrected chi connectivity index (χ3v) is 7.68. The van der Waals surface area contributed by atoms with Crippen LogP contribution >= 0.6 is 0 Å². The van der Waals surface area contributed by atoms with Crippen molar-refractivity contribution in [3.8, 4) is 0 Å². The quantitative estimate of drug-likeness (QED) is 0.0430. The molecule has 46 heavy (non-hydrogen) atoms. The minimum atomic E-state index is -1.25. The fourth-order valence-electron chi connectivity index (χ4n) is 5.17. The first-order chi connectivity index (χ1) is 21.2. The van der Waals surface area contributed by atoms with Gasteiger partial charge < -0.3 is 65.9 Å². The monoisotopic (exact) mass is 759 g/mol. The van der Waals surface area contributed by atoms with Crippen LogP contribution in [0.25, 0.3) is 0 Å². The van der Waals surface area contributed by atoms with Crippen molar-refractivity contribution in [2.24, 2.45) is 11.7 Å². The average molecular weight is 760 g/mol. The van der Waals surface area contributed by atoms with E-state index in [-0.39, 0.29) is 42.7 Å². The number of benzene rings is 1. The van der Waals surface area contributed by atoms with E-state index in [4.69, 9.17) is 5.73 Å². The second kappa shape index (κ2) is 20.4. The van der Waals surface area contributed by atoms with Crippen molar-refractivity contribution in [2.45, 2.75) is 89.0 Å². The molecule has 1 aliphatic rings. The van der Waals surface area contributed by atoms with Crippen LogP contribution < -0.4 is 56.3 Å². The van der Waals surface area contributed by atoms with Crippen molar-refractivity contribution >= 4 is 29.5 Å². The number of hydrogen-bond acceptors (Lipinski definition) is 7. The number of halogens is 1. The molecule has 13 nitrogen and oxygen atoms in total. The summed E-state index contributed by atoms with van der Waals surface area (Å²) >= 11 is 0. The molecule has 0 bridgehead atoms. The predicted molar refractivity (Wildman–Crippen MR) is 171 cm³/mol. The lowest BCUT2D eigenvalue weighted by Gasteiger charge is -2.27. The largest absolute Gasteiger partial charge is 1.00 e. The van der Waals surface area contributed by atoms with E-state index in [2.05, 4.69) is 47.7 Å². The first-order valence-corrected chi connectivity index (χ1v) is 15.9. The van der Waals surface area contributed by atoms with Crippen LogP contribution in [0.5, 0.6) is 0 Å². The van der Waals surface area contributed by atoms with Crippen LogP contribution in [-0.2, 0) is 30.4 Å². The van der Waals surface area contributed by atoms with E-state index in [9.17, 15) is 29.1 Å². The number of quaternary nitrogens is 1. The molecule has 1 aliphatic heterocycles. The van der Waals surface area contributed by atoms with Crippen molar-refractivity contribution in [1.29, 1.82) is 0 Å². The van der Waals surface area contributed by atoms with Gasteiger partial charge in [-0.1, -0.05) is 44.2 Å². The van der Waals surface area contributed by atoms with Crippen LogP contribution in [-0.4, -0.2) is 110 Å². The molecule has 1 heterocycles. The third-order valence-electron chi connectivity index (χ3n) is 7.68. The molecule has 2 rings (SSSR count). The summed E-state index contributed by atoms with van der Waals surface area (Å²) in [6.07, 6.45) is 3.58. The molecule has 1 saturated heterocycles. The molecule has 14 heteroatoms. The number of carbonyl (C=O) groups is 5. The summed E-state index contributed by atoms with van der Waals surface area (Å²) < 4.78 is 0.730. The second-order valence-electron chi connectivity index (χ2n) is 13.3. The molecule has 1 aromatic carbocycles. The van der Waals surface area contributed by atoms with Crippen LogP contribution in [0.1, 0.15) is 57.9 Å². The lowest BCUT2D eigenvalue weighted by molar-refractivity contribution is -0.870. The summed E-state index contributed by atoms with van der Waals surface area (Å²) in [7, 11) is 6.18. The summed E-state index contributed by atoms with van der Waals surface area (Å²) in [5, 5.41) is 23.7. The Kier molecular flexibility index (Phi) is 18.3. The first-order valence-electron chi connectivity index (χ1n) is 15.9. The van der Waals surface area contributed by atoms with Crippen LogP contribution in [0.3, 0.4) is 0 Å². The van der Waals surface area contributed by atoms with Crippen molar-refractivity contribution in [2.75, 3.05) is 40.8 Å². The van der Waals surface area contributed by atoms with E-state index in [0.717, 1.165) is 29.4 Å². The van der Waals surface area contributed by atoms with Crippen molar-refractivity contribution in [3.63, 3.8) is 0 Å². The van der Waals surface area contributed by atoms with Crippen LogP contribution in [0.2, 0.25) is 0 Å². The maximum atomic E-state index is 13.8.